The number of hydrogen-bond acceptors (Lipinski definition) is 4. The number of carbonyl (C=O) groups is 1. The molecule has 2 N–H and O–H groups in total. The molecular weight excluding hydrogens is 373 g/mol. The number of alkyl halides is 3. The lowest BCUT2D eigenvalue weighted by Crippen LogP contribution is -2.22. The predicted octanol–water partition coefficient (Wildman–Crippen LogP) is 4.18. The Bertz CT molecular complexity index is 827. The van der Waals surface area contributed by atoms with E-state index >= 15 is 0 Å². The van der Waals surface area contributed by atoms with E-state index in [0.29, 0.717) is 30.4 Å². The zero-order chi connectivity index (χ0) is 18.7. The fourth-order valence-corrected chi connectivity index (χ4v) is 2.49. The summed E-state index contributed by atoms with van der Waals surface area (Å²) in [6.45, 7) is 0.747. The van der Waals surface area contributed by atoms with Gasteiger partial charge in [-0.15, -0.1) is 0 Å². The van der Waals surface area contributed by atoms with Crippen molar-refractivity contribution in [2.75, 3.05) is 30.4 Å². The van der Waals surface area contributed by atoms with Crippen LogP contribution in [0.2, 0.25) is 5.02 Å². The summed E-state index contributed by atoms with van der Waals surface area (Å²) in [6.07, 6.45) is -4.52. The summed E-state index contributed by atoms with van der Waals surface area (Å²) in [5.74, 6) is 0.630. The first-order valence-corrected chi connectivity index (χ1v) is 8.01. The minimum atomic E-state index is -4.52. The van der Waals surface area contributed by atoms with Crippen LogP contribution in [0.1, 0.15) is 5.56 Å². The summed E-state index contributed by atoms with van der Waals surface area (Å²) in [7, 11) is 0. The quantitative estimate of drug-likeness (QED) is 0.827. The van der Waals surface area contributed by atoms with E-state index in [1.54, 1.807) is 18.2 Å². The standard InChI is InChI=1S/C17H14ClF3N2O3/c18-12-3-1-10(17(19,20)21)7-13(12)23-16(24)9-22-11-2-4-14-15(8-11)26-6-5-25-14/h1-4,7-8,22H,5-6,9H2,(H,23,24). The van der Waals surface area contributed by atoms with Gasteiger partial charge in [-0.25, -0.2) is 0 Å². The molecule has 9 heteroatoms. The maximum atomic E-state index is 12.8. The topological polar surface area (TPSA) is 59.6 Å². The number of ether oxygens (including phenoxy) is 2. The number of halogens is 4. The molecular formula is C17H14ClF3N2O3. The molecule has 1 amide bonds. The van der Waals surface area contributed by atoms with Crippen molar-refractivity contribution in [3.8, 4) is 11.5 Å². The minimum Gasteiger partial charge on any atom is -0.486 e. The highest BCUT2D eigenvalue weighted by atomic mass is 35.5. The molecule has 0 atom stereocenters. The van der Waals surface area contributed by atoms with Gasteiger partial charge in [-0.1, -0.05) is 11.6 Å². The molecule has 1 aliphatic heterocycles. The molecule has 0 unspecified atom stereocenters. The molecule has 0 saturated heterocycles. The normalized spacial score (nSPS) is 13.2. The number of anilines is 2. The Kier molecular flexibility index (Phi) is 5.13. The largest absolute Gasteiger partial charge is 0.486 e. The van der Waals surface area contributed by atoms with Crippen molar-refractivity contribution in [1.29, 1.82) is 0 Å². The highest BCUT2D eigenvalue weighted by molar-refractivity contribution is 6.33. The van der Waals surface area contributed by atoms with Crippen LogP contribution >= 0.6 is 11.6 Å². The van der Waals surface area contributed by atoms with Crippen molar-refractivity contribution in [3.05, 3.63) is 47.0 Å². The monoisotopic (exact) mass is 386 g/mol. The molecule has 0 radical (unpaired) electrons. The Labute approximate surface area is 152 Å². The smallest absolute Gasteiger partial charge is 0.416 e. The number of hydrogen-bond donors (Lipinski definition) is 2. The van der Waals surface area contributed by atoms with Gasteiger partial charge >= 0.3 is 6.18 Å². The van der Waals surface area contributed by atoms with Crippen LogP contribution in [-0.2, 0) is 11.0 Å². The van der Waals surface area contributed by atoms with Crippen molar-refractivity contribution >= 4 is 28.9 Å². The molecule has 0 spiro atoms. The first-order valence-electron chi connectivity index (χ1n) is 7.63. The summed E-state index contributed by atoms with van der Waals surface area (Å²) >= 11 is 5.85. The molecule has 0 fully saturated rings. The van der Waals surface area contributed by atoms with E-state index in [1.165, 1.54) is 0 Å². The minimum absolute atomic E-state index is 0.0191. The van der Waals surface area contributed by atoms with E-state index < -0.39 is 17.6 Å². The van der Waals surface area contributed by atoms with Gasteiger partial charge in [0.15, 0.2) is 11.5 Å². The van der Waals surface area contributed by atoms with Gasteiger partial charge in [0.2, 0.25) is 5.91 Å². The number of benzene rings is 2. The van der Waals surface area contributed by atoms with Gasteiger partial charge in [-0.05, 0) is 30.3 Å². The van der Waals surface area contributed by atoms with Gasteiger partial charge < -0.3 is 20.1 Å². The zero-order valence-electron chi connectivity index (χ0n) is 13.3. The number of amides is 1. The Morgan fingerprint density at radius 3 is 2.54 bits per heavy atom. The number of nitrogens with one attached hydrogen (secondary N) is 2. The third-order valence-corrected chi connectivity index (χ3v) is 3.89. The van der Waals surface area contributed by atoms with Gasteiger partial charge in [0.1, 0.15) is 13.2 Å². The molecule has 26 heavy (non-hydrogen) atoms. The highest BCUT2D eigenvalue weighted by Crippen LogP contribution is 2.34. The number of carbonyl (C=O) groups excluding carboxylic acids is 1. The average Bonchev–Trinajstić information content (AvgIpc) is 2.60. The summed E-state index contributed by atoms with van der Waals surface area (Å²) in [5.41, 5.74) is -0.382. The van der Waals surface area contributed by atoms with Crippen LogP contribution in [0.25, 0.3) is 0 Å². The zero-order valence-corrected chi connectivity index (χ0v) is 14.1. The van der Waals surface area contributed by atoms with Crippen molar-refractivity contribution in [2.24, 2.45) is 0 Å². The second kappa shape index (κ2) is 7.33. The molecule has 0 saturated carbocycles. The van der Waals surface area contributed by atoms with Crippen LogP contribution in [0.15, 0.2) is 36.4 Å². The number of fused-ring (bicyclic) bond motifs is 1. The van der Waals surface area contributed by atoms with E-state index in [0.717, 1.165) is 18.2 Å². The third-order valence-electron chi connectivity index (χ3n) is 3.56. The van der Waals surface area contributed by atoms with E-state index in [4.69, 9.17) is 21.1 Å². The molecule has 2 aromatic rings. The summed E-state index contributed by atoms with van der Waals surface area (Å²) < 4.78 is 49.1. The van der Waals surface area contributed by atoms with Crippen LogP contribution in [0.5, 0.6) is 11.5 Å². The fourth-order valence-electron chi connectivity index (χ4n) is 2.33. The van der Waals surface area contributed by atoms with Crippen molar-refractivity contribution in [1.82, 2.24) is 0 Å². The third kappa shape index (κ3) is 4.32. The second-order valence-corrected chi connectivity index (χ2v) is 5.86. The van der Waals surface area contributed by atoms with Crippen molar-refractivity contribution in [3.63, 3.8) is 0 Å². The molecule has 1 heterocycles. The summed E-state index contributed by atoms with van der Waals surface area (Å²) in [6, 6.07) is 7.83. The molecule has 0 aromatic heterocycles. The van der Waals surface area contributed by atoms with E-state index in [2.05, 4.69) is 10.6 Å². The Hall–Kier alpha value is -2.61. The van der Waals surface area contributed by atoms with Gasteiger partial charge in [-0.2, -0.15) is 13.2 Å². The Morgan fingerprint density at radius 2 is 1.81 bits per heavy atom. The van der Waals surface area contributed by atoms with Gasteiger partial charge in [0.25, 0.3) is 0 Å². The van der Waals surface area contributed by atoms with Crippen LogP contribution in [0, 0.1) is 0 Å². The van der Waals surface area contributed by atoms with Crippen LogP contribution in [0.4, 0.5) is 24.5 Å². The van der Waals surface area contributed by atoms with Gasteiger partial charge in [-0.3, -0.25) is 4.79 Å². The van der Waals surface area contributed by atoms with Gasteiger partial charge in [0.05, 0.1) is 22.8 Å². The Balaban J connectivity index is 1.63. The van der Waals surface area contributed by atoms with E-state index in [1.807, 2.05) is 0 Å². The number of rotatable bonds is 4. The lowest BCUT2D eigenvalue weighted by atomic mass is 10.2. The average molecular weight is 387 g/mol. The molecule has 3 rings (SSSR count). The maximum absolute atomic E-state index is 12.8. The molecule has 5 nitrogen and oxygen atoms in total. The second-order valence-electron chi connectivity index (χ2n) is 5.45. The SMILES string of the molecule is O=C(CNc1ccc2c(c1)OCCO2)Nc1cc(C(F)(F)F)ccc1Cl. The molecule has 0 aliphatic carbocycles. The van der Waals surface area contributed by atoms with Crippen molar-refractivity contribution in [2.45, 2.75) is 6.18 Å². The predicted molar refractivity (Wildman–Crippen MR) is 91.0 cm³/mol. The fraction of sp³-hybridized carbons (Fsp3) is 0.235. The molecule has 0 bridgehead atoms. The van der Waals surface area contributed by atoms with Crippen molar-refractivity contribution < 1.29 is 27.4 Å². The first kappa shape index (κ1) is 18.2. The lowest BCUT2D eigenvalue weighted by molar-refractivity contribution is -0.137. The first-order chi connectivity index (χ1) is 12.3. The summed E-state index contributed by atoms with van der Waals surface area (Å²) in [5, 5.41) is 5.25. The van der Waals surface area contributed by atoms with E-state index in [9.17, 15) is 18.0 Å². The summed E-state index contributed by atoms with van der Waals surface area (Å²) in [4.78, 5) is 12.0. The molecule has 2 aromatic carbocycles. The van der Waals surface area contributed by atoms with Crippen LogP contribution in [-0.4, -0.2) is 25.7 Å². The van der Waals surface area contributed by atoms with Crippen LogP contribution in [0.3, 0.4) is 0 Å². The van der Waals surface area contributed by atoms with E-state index in [-0.39, 0.29) is 17.3 Å². The van der Waals surface area contributed by atoms with Crippen LogP contribution < -0.4 is 20.1 Å². The highest BCUT2D eigenvalue weighted by Gasteiger charge is 2.31. The molecule has 1 aliphatic rings. The lowest BCUT2D eigenvalue weighted by Gasteiger charge is -2.19. The molecule has 138 valence electrons. The maximum Gasteiger partial charge on any atom is 0.416 e. The van der Waals surface area contributed by atoms with Gasteiger partial charge in [0, 0.05) is 11.8 Å². The Morgan fingerprint density at radius 1 is 1.08 bits per heavy atom.